The van der Waals surface area contributed by atoms with Gasteiger partial charge in [0.05, 0.1) is 0 Å². The zero-order chi connectivity index (χ0) is 0. The Morgan fingerprint density at radius 2 is 0.455 bits per heavy atom. The maximum absolute atomic E-state index is 0. The fourth-order valence-corrected chi connectivity index (χ4v) is 0. The molecule has 0 N–H and O–H groups in total. The van der Waals surface area contributed by atoms with Crippen LogP contribution in [0.25, 0.3) is 0 Å². The molecule has 0 fully saturated rings. The standard InChI is InChI=1S/2Ba.2Ce.3O.2Y.2Zr.4H/q;;;;3*-2;2*+3;;;;;;. The minimum Gasteiger partial charge on any atom is -2.00 e. The van der Waals surface area contributed by atoms with Crippen LogP contribution in [0.1, 0.15) is 0 Å². The van der Waals surface area contributed by atoms with E-state index >= 15 is 0 Å². The van der Waals surface area contributed by atoms with Crippen LogP contribution in [0.2, 0.25) is 0 Å². The summed E-state index contributed by atoms with van der Waals surface area (Å²) in [6.07, 6.45) is 0. The molecule has 0 aliphatic rings. The van der Waals surface area contributed by atoms with Crippen molar-refractivity contribution in [1.29, 1.82) is 0 Å². The summed E-state index contributed by atoms with van der Waals surface area (Å²) in [4.78, 5) is 0. The van der Waals surface area contributed by atoms with Crippen molar-refractivity contribution < 1.29 is 218 Å². The Kier molecular flexibility index (Phi) is 565. The van der Waals surface area contributed by atoms with Gasteiger partial charge in [-0.3, -0.25) is 0 Å². The average molecular weight is 967 g/mol. The number of hydrogen-bond donors (Lipinski definition) is 0. The Bertz CT molecular complexity index is 25.3. The summed E-state index contributed by atoms with van der Waals surface area (Å²) in [6.45, 7) is 0. The van der Waals surface area contributed by atoms with Crippen molar-refractivity contribution in [2.75, 3.05) is 0 Å². The molecule has 11 heavy (non-hydrogen) atoms. The summed E-state index contributed by atoms with van der Waals surface area (Å²) in [7, 11) is 0. The molecule has 0 saturated carbocycles. The van der Waals surface area contributed by atoms with Crippen molar-refractivity contribution in [2.24, 2.45) is 0 Å². The predicted octanol–water partition coefficient (Wildman–Crippen LogP) is -2.20. The number of hydrogen-bond acceptors (Lipinski definition) is 0. The zero-order valence-electron chi connectivity index (χ0n) is 4.38. The van der Waals surface area contributed by atoms with Gasteiger partial charge in [0.1, 0.15) is 0 Å². The molecule has 11 heteroatoms. The van der Waals surface area contributed by atoms with Gasteiger partial charge in [0, 0.05) is 136 Å². The van der Waals surface area contributed by atoms with Crippen molar-refractivity contribution in [3.63, 3.8) is 0 Å². The molecule has 0 spiro atoms. The molecule has 0 heterocycles. The minimum absolute atomic E-state index is 0. The van der Waals surface area contributed by atoms with E-state index in [4.69, 9.17) is 0 Å². The Labute approximate surface area is 304 Å². The summed E-state index contributed by atoms with van der Waals surface area (Å²) in [6, 6.07) is 0. The summed E-state index contributed by atoms with van der Waals surface area (Å²) in [5, 5.41) is 0. The van der Waals surface area contributed by atoms with Crippen LogP contribution in [0, 0.1) is 83.5 Å². The van der Waals surface area contributed by atoms with E-state index < -0.39 is 0 Å². The predicted molar refractivity (Wildman–Crippen MR) is 19.1 cm³/mol. The van der Waals surface area contributed by atoms with E-state index in [1.165, 1.54) is 0 Å². The summed E-state index contributed by atoms with van der Waals surface area (Å²) in [5.41, 5.74) is 0. The van der Waals surface area contributed by atoms with Gasteiger partial charge >= 0.3 is 163 Å². The third-order valence-corrected chi connectivity index (χ3v) is 0. The van der Waals surface area contributed by atoms with Crippen LogP contribution < -0.4 is 0 Å². The molecular formula is H4Ba2Ce2O3Y2Zr2. The molecular weight excluding hydrogens is 963 g/mol. The third-order valence-electron chi connectivity index (χ3n) is 0. The van der Waals surface area contributed by atoms with Crippen LogP contribution >= 0.6 is 0 Å². The van der Waals surface area contributed by atoms with Crippen LogP contribution in [0.5, 0.6) is 0 Å². The van der Waals surface area contributed by atoms with E-state index in [0.717, 1.165) is 0 Å². The molecule has 0 radical (unpaired) electrons. The first-order valence-electron chi connectivity index (χ1n) is 0. The van der Waals surface area contributed by atoms with Crippen LogP contribution in [-0.4, -0.2) is 97.8 Å². The Morgan fingerprint density at radius 3 is 0.455 bits per heavy atom. The zero-order valence-corrected chi connectivity index (χ0v) is 21.3. The molecule has 3 nitrogen and oxygen atoms in total. The van der Waals surface area contributed by atoms with Crippen LogP contribution in [-0.2, 0) is 134 Å². The largest absolute Gasteiger partial charge is 3.00 e. The molecule has 0 amide bonds. The maximum Gasteiger partial charge on any atom is 3.00 e. The normalized spacial score (nSPS) is 0. The molecule has 0 aromatic heterocycles. The van der Waals surface area contributed by atoms with Crippen molar-refractivity contribution in [1.82, 2.24) is 0 Å². The second-order valence-electron chi connectivity index (χ2n) is 0. The van der Waals surface area contributed by atoms with E-state index in [2.05, 4.69) is 0 Å². The summed E-state index contributed by atoms with van der Waals surface area (Å²) < 4.78 is 0. The Morgan fingerprint density at radius 1 is 0.455 bits per heavy atom. The SMILES string of the molecule is [BaH2].[BaH2].[Ce].[Ce].[O-2].[O-2].[O-2].[Y+3].[Y+3].[Zr].[Zr]. The molecule has 0 aromatic carbocycles. The molecule has 48 valence electrons. The van der Waals surface area contributed by atoms with Gasteiger partial charge in [-0.25, -0.2) is 0 Å². The molecule has 0 aliphatic carbocycles. The first-order valence-corrected chi connectivity index (χ1v) is 0. The average Bonchev–Trinajstić information content (AvgIpc) is 0. The monoisotopic (exact) mass is 965 g/mol. The van der Waals surface area contributed by atoms with Gasteiger partial charge in [0.25, 0.3) is 0 Å². The van der Waals surface area contributed by atoms with Gasteiger partial charge in [0.15, 0.2) is 0 Å². The van der Waals surface area contributed by atoms with E-state index in [0.29, 0.717) is 0 Å². The molecule has 0 atom stereocenters. The van der Waals surface area contributed by atoms with Crippen LogP contribution in [0.15, 0.2) is 0 Å². The molecule has 0 bridgehead atoms. The van der Waals surface area contributed by atoms with Gasteiger partial charge in [-0.15, -0.1) is 0 Å². The minimum atomic E-state index is 0. The van der Waals surface area contributed by atoms with E-state index in [-0.39, 0.29) is 316 Å². The second kappa shape index (κ2) is 73.0. The molecule has 0 aromatic rings. The smallest absolute Gasteiger partial charge is 2.00 e. The van der Waals surface area contributed by atoms with Gasteiger partial charge in [0.2, 0.25) is 0 Å². The van der Waals surface area contributed by atoms with Crippen molar-refractivity contribution in [3.05, 3.63) is 0 Å². The van der Waals surface area contributed by atoms with Crippen LogP contribution in [0.3, 0.4) is 0 Å². The van der Waals surface area contributed by atoms with Crippen molar-refractivity contribution in [3.8, 4) is 0 Å². The first-order chi connectivity index (χ1) is 0. The Hall–Kier alpha value is 9.75. The summed E-state index contributed by atoms with van der Waals surface area (Å²) in [5.74, 6) is 0. The quantitative estimate of drug-likeness (QED) is 0.248. The topological polar surface area (TPSA) is 85.5 Å². The Balaban J connectivity index is 0. The van der Waals surface area contributed by atoms with Gasteiger partial charge < -0.3 is 16.4 Å². The van der Waals surface area contributed by atoms with Gasteiger partial charge in [-0.05, 0) is 0 Å². The van der Waals surface area contributed by atoms with E-state index in [1.807, 2.05) is 0 Å². The van der Waals surface area contributed by atoms with Gasteiger partial charge in [-0.2, -0.15) is 0 Å². The van der Waals surface area contributed by atoms with Crippen molar-refractivity contribution >= 4 is 97.8 Å². The molecule has 0 saturated heterocycles. The number of rotatable bonds is 0. The molecule has 0 rings (SSSR count). The maximum atomic E-state index is 0. The first kappa shape index (κ1) is 85.1. The van der Waals surface area contributed by atoms with Gasteiger partial charge in [-0.1, -0.05) is 0 Å². The fourth-order valence-electron chi connectivity index (χ4n) is 0. The summed E-state index contributed by atoms with van der Waals surface area (Å²) >= 11 is 0. The van der Waals surface area contributed by atoms with Crippen LogP contribution in [0.4, 0.5) is 0 Å². The van der Waals surface area contributed by atoms with Crippen molar-refractivity contribution in [2.45, 2.75) is 0 Å². The van der Waals surface area contributed by atoms with E-state index in [1.54, 1.807) is 0 Å². The second-order valence-corrected chi connectivity index (χ2v) is 0. The fraction of sp³-hybridized carbons (Fsp3) is 0. The van der Waals surface area contributed by atoms with E-state index in [9.17, 15) is 0 Å². The molecule has 0 unspecified atom stereocenters. The molecule has 0 aliphatic heterocycles. The third kappa shape index (κ3) is 65.5.